The molecule has 12 heavy (non-hydrogen) atoms. The van der Waals surface area contributed by atoms with Crippen molar-refractivity contribution in [3.63, 3.8) is 0 Å². The zero-order valence-electron chi connectivity index (χ0n) is 9.99. The molecule has 0 saturated heterocycles. The first-order valence-electron chi connectivity index (χ1n) is 5.19. The molecule has 0 aromatic carbocycles. The predicted molar refractivity (Wildman–Crippen MR) is 57.3 cm³/mol. The smallest absolute Gasteiger partial charge is 0.0324 e. The molecule has 0 aliphatic heterocycles. The van der Waals surface area contributed by atoms with Gasteiger partial charge in [-0.05, 0) is 23.2 Å². The summed E-state index contributed by atoms with van der Waals surface area (Å²) >= 11 is 0. The van der Waals surface area contributed by atoms with Gasteiger partial charge in [0, 0.05) is 0 Å². The molecule has 0 spiro atoms. The van der Waals surface area contributed by atoms with E-state index in [2.05, 4.69) is 48.5 Å². The van der Waals surface area contributed by atoms with E-state index in [1.807, 2.05) is 0 Å². The molecule has 0 radical (unpaired) electrons. The first kappa shape index (κ1) is 12.0. The molecule has 0 nitrogen and oxygen atoms in total. The minimum atomic E-state index is 0.465. The Bertz CT molecular complexity index is 125. The molecule has 0 saturated carbocycles. The molecule has 0 aliphatic carbocycles. The molecular weight excluding hydrogens is 144 g/mol. The summed E-state index contributed by atoms with van der Waals surface area (Å²) in [6.07, 6.45) is 2.61. The molecule has 0 bridgehead atoms. The summed E-state index contributed by atoms with van der Waals surface area (Å²) in [6, 6.07) is 0. The van der Waals surface area contributed by atoms with Crippen LogP contribution < -0.4 is 0 Å². The highest BCUT2D eigenvalue weighted by molar-refractivity contribution is 4.79. The van der Waals surface area contributed by atoms with Crippen LogP contribution in [0.3, 0.4) is 0 Å². The SMILES string of the molecule is CCC(C)C(C)(C)CC(C)(C)C. The molecule has 0 aromatic rings. The van der Waals surface area contributed by atoms with Crippen molar-refractivity contribution in [3.05, 3.63) is 0 Å². The summed E-state index contributed by atoms with van der Waals surface area (Å²) in [6.45, 7) is 16.4. The Labute approximate surface area is 78.8 Å². The lowest BCUT2D eigenvalue weighted by Gasteiger charge is -2.37. The lowest BCUT2D eigenvalue weighted by Crippen LogP contribution is -2.27. The molecule has 74 valence electrons. The Morgan fingerprint density at radius 1 is 1.00 bits per heavy atom. The van der Waals surface area contributed by atoms with Crippen molar-refractivity contribution in [3.8, 4) is 0 Å². The second-order valence-electron chi connectivity index (χ2n) is 6.04. The average molecular weight is 170 g/mol. The van der Waals surface area contributed by atoms with Crippen molar-refractivity contribution < 1.29 is 0 Å². The monoisotopic (exact) mass is 170 g/mol. The van der Waals surface area contributed by atoms with Gasteiger partial charge < -0.3 is 0 Å². The van der Waals surface area contributed by atoms with Gasteiger partial charge in [0.05, 0.1) is 0 Å². The van der Waals surface area contributed by atoms with Gasteiger partial charge in [-0.25, -0.2) is 0 Å². The van der Waals surface area contributed by atoms with Crippen LogP contribution in [0.1, 0.15) is 61.3 Å². The Morgan fingerprint density at radius 3 is 1.67 bits per heavy atom. The number of hydrogen-bond acceptors (Lipinski definition) is 0. The van der Waals surface area contributed by atoms with Crippen molar-refractivity contribution in [2.24, 2.45) is 16.7 Å². The molecule has 0 heterocycles. The standard InChI is InChI=1S/C12H26/c1-8-10(2)12(6,7)9-11(3,4)5/h10H,8-9H2,1-7H3. The summed E-state index contributed by atoms with van der Waals surface area (Å²) in [4.78, 5) is 0. The molecule has 1 unspecified atom stereocenters. The van der Waals surface area contributed by atoms with Gasteiger partial charge >= 0.3 is 0 Å². The third-order valence-corrected chi connectivity index (χ3v) is 2.93. The van der Waals surface area contributed by atoms with Crippen LogP contribution in [0.25, 0.3) is 0 Å². The summed E-state index contributed by atoms with van der Waals surface area (Å²) in [5.74, 6) is 0.830. The zero-order valence-corrected chi connectivity index (χ0v) is 9.99. The maximum Gasteiger partial charge on any atom is -0.0324 e. The van der Waals surface area contributed by atoms with Gasteiger partial charge in [0.1, 0.15) is 0 Å². The van der Waals surface area contributed by atoms with Crippen LogP contribution in [0.15, 0.2) is 0 Å². The van der Waals surface area contributed by atoms with E-state index in [9.17, 15) is 0 Å². The highest BCUT2D eigenvalue weighted by Crippen LogP contribution is 2.39. The molecule has 0 rings (SSSR count). The molecular formula is C12H26. The quantitative estimate of drug-likeness (QED) is 0.585. The van der Waals surface area contributed by atoms with Crippen LogP contribution in [-0.2, 0) is 0 Å². The fourth-order valence-electron chi connectivity index (χ4n) is 2.09. The number of hydrogen-bond donors (Lipinski definition) is 0. The Hall–Kier alpha value is 0. The fraction of sp³-hybridized carbons (Fsp3) is 1.00. The van der Waals surface area contributed by atoms with E-state index in [0.717, 1.165) is 5.92 Å². The van der Waals surface area contributed by atoms with Gasteiger partial charge in [0.2, 0.25) is 0 Å². The van der Waals surface area contributed by atoms with Gasteiger partial charge in [-0.2, -0.15) is 0 Å². The maximum absolute atomic E-state index is 2.40. The lowest BCUT2D eigenvalue weighted by molar-refractivity contribution is 0.138. The van der Waals surface area contributed by atoms with Crippen LogP contribution >= 0.6 is 0 Å². The highest BCUT2D eigenvalue weighted by atomic mass is 14.3. The van der Waals surface area contributed by atoms with Gasteiger partial charge in [0.15, 0.2) is 0 Å². The molecule has 0 N–H and O–H groups in total. The van der Waals surface area contributed by atoms with Crippen molar-refractivity contribution in [1.29, 1.82) is 0 Å². The van der Waals surface area contributed by atoms with E-state index >= 15 is 0 Å². The molecule has 0 amide bonds. The van der Waals surface area contributed by atoms with Gasteiger partial charge in [0.25, 0.3) is 0 Å². The Morgan fingerprint density at radius 2 is 1.42 bits per heavy atom. The minimum absolute atomic E-state index is 0.465. The van der Waals surface area contributed by atoms with Crippen LogP contribution in [0, 0.1) is 16.7 Å². The second-order valence-corrected chi connectivity index (χ2v) is 6.04. The Kier molecular flexibility index (Phi) is 3.81. The van der Waals surface area contributed by atoms with Crippen LogP contribution in [-0.4, -0.2) is 0 Å². The minimum Gasteiger partial charge on any atom is -0.0651 e. The van der Waals surface area contributed by atoms with E-state index in [4.69, 9.17) is 0 Å². The largest absolute Gasteiger partial charge is 0.0651 e. The van der Waals surface area contributed by atoms with E-state index in [1.165, 1.54) is 12.8 Å². The molecule has 0 heteroatoms. The van der Waals surface area contributed by atoms with Crippen molar-refractivity contribution in [2.45, 2.75) is 61.3 Å². The van der Waals surface area contributed by atoms with Crippen LogP contribution in [0.2, 0.25) is 0 Å². The summed E-state index contributed by atoms with van der Waals surface area (Å²) in [5.41, 5.74) is 0.958. The third kappa shape index (κ3) is 4.13. The molecule has 0 aromatic heterocycles. The van der Waals surface area contributed by atoms with E-state index < -0.39 is 0 Å². The molecule has 1 atom stereocenters. The van der Waals surface area contributed by atoms with E-state index in [0.29, 0.717) is 10.8 Å². The second kappa shape index (κ2) is 3.81. The summed E-state index contributed by atoms with van der Waals surface area (Å²) in [7, 11) is 0. The normalized spacial score (nSPS) is 16.2. The zero-order chi connectivity index (χ0) is 9.99. The molecule has 0 aliphatic rings. The lowest BCUT2D eigenvalue weighted by atomic mass is 9.69. The van der Waals surface area contributed by atoms with Gasteiger partial charge in [-0.15, -0.1) is 0 Å². The van der Waals surface area contributed by atoms with Crippen molar-refractivity contribution >= 4 is 0 Å². The van der Waals surface area contributed by atoms with Gasteiger partial charge in [-0.3, -0.25) is 0 Å². The van der Waals surface area contributed by atoms with Crippen LogP contribution in [0.5, 0.6) is 0 Å². The maximum atomic E-state index is 2.40. The van der Waals surface area contributed by atoms with Crippen LogP contribution in [0.4, 0.5) is 0 Å². The molecule has 0 fully saturated rings. The highest BCUT2D eigenvalue weighted by Gasteiger charge is 2.29. The fourth-order valence-corrected chi connectivity index (χ4v) is 2.09. The topological polar surface area (TPSA) is 0 Å². The predicted octanol–water partition coefficient (Wildman–Crippen LogP) is 4.49. The van der Waals surface area contributed by atoms with Crippen molar-refractivity contribution in [1.82, 2.24) is 0 Å². The van der Waals surface area contributed by atoms with E-state index in [-0.39, 0.29) is 0 Å². The average Bonchev–Trinajstić information content (AvgIpc) is 1.80. The summed E-state index contributed by atoms with van der Waals surface area (Å²) in [5, 5.41) is 0. The number of rotatable bonds is 3. The summed E-state index contributed by atoms with van der Waals surface area (Å²) < 4.78 is 0. The third-order valence-electron chi connectivity index (χ3n) is 2.93. The first-order valence-corrected chi connectivity index (χ1v) is 5.19. The van der Waals surface area contributed by atoms with Gasteiger partial charge in [-0.1, -0.05) is 54.9 Å². The Balaban J connectivity index is 4.22. The van der Waals surface area contributed by atoms with E-state index in [1.54, 1.807) is 0 Å². The van der Waals surface area contributed by atoms with Crippen molar-refractivity contribution in [2.75, 3.05) is 0 Å². The first-order chi connectivity index (χ1) is 5.19.